The molecule has 0 unspecified atom stereocenters. The average Bonchev–Trinajstić information content (AvgIpc) is 2.49. The first-order valence-corrected chi connectivity index (χ1v) is 6.37. The molecular formula is C14H9ClF2N2O3. The van der Waals surface area contributed by atoms with Crippen LogP contribution in [-0.2, 0) is 9.53 Å². The Morgan fingerprint density at radius 1 is 1.23 bits per heavy atom. The summed E-state index contributed by atoms with van der Waals surface area (Å²) in [6.45, 7) is -0.655. The third-order valence-corrected chi connectivity index (χ3v) is 2.72. The number of carbonyl (C=O) groups excluding carboxylic acids is 2. The Balaban J connectivity index is 1.91. The molecule has 2 rings (SSSR count). The second kappa shape index (κ2) is 6.95. The molecule has 0 aliphatic rings. The van der Waals surface area contributed by atoms with Crippen LogP contribution in [0.15, 0.2) is 36.5 Å². The number of amides is 1. The Bertz CT molecular complexity index is 708. The van der Waals surface area contributed by atoms with Gasteiger partial charge in [0.15, 0.2) is 6.61 Å². The zero-order valence-corrected chi connectivity index (χ0v) is 11.7. The van der Waals surface area contributed by atoms with E-state index >= 15 is 0 Å². The predicted molar refractivity (Wildman–Crippen MR) is 74.5 cm³/mol. The summed E-state index contributed by atoms with van der Waals surface area (Å²) >= 11 is 5.57. The van der Waals surface area contributed by atoms with Crippen LogP contribution in [0.1, 0.15) is 10.4 Å². The van der Waals surface area contributed by atoms with E-state index < -0.39 is 30.1 Å². The van der Waals surface area contributed by atoms with Crippen molar-refractivity contribution in [2.24, 2.45) is 0 Å². The molecule has 22 heavy (non-hydrogen) atoms. The lowest BCUT2D eigenvalue weighted by atomic mass is 10.3. The first kappa shape index (κ1) is 15.8. The summed E-state index contributed by atoms with van der Waals surface area (Å²) in [5, 5.41) is 2.30. The fourth-order valence-corrected chi connectivity index (χ4v) is 1.60. The number of aromatic nitrogens is 1. The van der Waals surface area contributed by atoms with E-state index in [4.69, 9.17) is 16.3 Å². The second-order valence-corrected chi connectivity index (χ2v) is 4.51. The number of nitrogens with zero attached hydrogens (tertiary/aromatic N) is 1. The number of hydrogen-bond acceptors (Lipinski definition) is 4. The van der Waals surface area contributed by atoms with Crippen molar-refractivity contribution in [1.29, 1.82) is 0 Å². The van der Waals surface area contributed by atoms with Gasteiger partial charge in [0.25, 0.3) is 5.91 Å². The summed E-state index contributed by atoms with van der Waals surface area (Å²) in [5.74, 6) is -3.11. The van der Waals surface area contributed by atoms with Crippen LogP contribution < -0.4 is 5.32 Å². The number of anilines is 1. The van der Waals surface area contributed by atoms with Crippen molar-refractivity contribution in [3.05, 3.63) is 58.9 Å². The van der Waals surface area contributed by atoms with E-state index in [1.54, 1.807) is 0 Å². The maximum atomic E-state index is 13.3. The molecule has 0 atom stereocenters. The van der Waals surface area contributed by atoms with Crippen molar-refractivity contribution in [2.45, 2.75) is 0 Å². The highest BCUT2D eigenvalue weighted by molar-refractivity contribution is 6.29. The van der Waals surface area contributed by atoms with Crippen LogP contribution in [0.2, 0.25) is 5.15 Å². The lowest BCUT2D eigenvalue weighted by Crippen LogP contribution is -2.21. The van der Waals surface area contributed by atoms with E-state index in [2.05, 4.69) is 10.3 Å². The van der Waals surface area contributed by atoms with Gasteiger partial charge in [-0.3, -0.25) is 4.79 Å². The van der Waals surface area contributed by atoms with Crippen molar-refractivity contribution in [1.82, 2.24) is 4.98 Å². The third-order valence-electron chi connectivity index (χ3n) is 2.50. The molecule has 1 heterocycles. The van der Waals surface area contributed by atoms with Crippen molar-refractivity contribution in [3.8, 4) is 0 Å². The zero-order valence-electron chi connectivity index (χ0n) is 11.0. The third kappa shape index (κ3) is 4.23. The quantitative estimate of drug-likeness (QED) is 0.693. The Morgan fingerprint density at radius 3 is 2.68 bits per heavy atom. The van der Waals surface area contributed by atoms with Crippen LogP contribution in [0.5, 0.6) is 0 Å². The molecule has 2 aromatic rings. The van der Waals surface area contributed by atoms with Gasteiger partial charge in [0.05, 0.1) is 11.3 Å². The Morgan fingerprint density at radius 2 is 2.00 bits per heavy atom. The highest BCUT2D eigenvalue weighted by Crippen LogP contribution is 2.15. The van der Waals surface area contributed by atoms with Gasteiger partial charge in [0.1, 0.15) is 16.8 Å². The van der Waals surface area contributed by atoms with E-state index in [0.717, 1.165) is 18.2 Å². The van der Waals surface area contributed by atoms with Crippen molar-refractivity contribution >= 4 is 29.2 Å². The summed E-state index contributed by atoms with van der Waals surface area (Å²) in [6, 6.07) is 5.37. The molecule has 0 bridgehead atoms. The summed E-state index contributed by atoms with van der Waals surface area (Å²) in [5.41, 5.74) is -0.233. The monoisotopic (exact) mass is 326 g/mol. The van der Waals surface area contributed by atoms with E-state index in [1.807, 2.05) is 0 Å². The highest BCUT2D eigenvalue weighted by atomic mass is 35.5. The largest absolute Gasteiger partial charge is 0.452 e. The normalized spacial score (nSPS) is 10.1. The topological polar surface area (TPSA) is 68.3 Å². The number of carbonyl (C=O) groups is 2. The summed E-state index contributed by atoms with van der Waals surface area (Å²) in [6.07, 6.45) is 1.19. The number of benzene rings is 1. The number of esters is 1. The number of rotatable bonds is 4. The summed E-state index contributed by atoms with van der Waals surface area (Å²) in [4.78, 5) is 26.9. The molecule has 0 aliphatic heterocycles. The maximum Gasteiger partial charge on any atom is 0.340 e. The van der Waals surface area contributed by atoms with E-state index in [0.29, 0.717) is 0 Å². The van der Waals surface area contributed by atoms with Gasteiger partial charge in [-0.25, -0.2) is 18.6 Å². The number of nitrogens with one attached hydrogen (secondary N) is 1. The van der Waals surface area contributed by atoms with Gasteiger partial charge >= 0.3 is 5.97 Å². The van der Waals surface area contributed by atoms with Gasteiger partial charge in [-0.15, -0.1) is 0 Å². The highest BCUT2D eigenvalue weighted by Gasteiger charge is 2.12. The molecule has 1 aromatic carbocycles. The Labute approximate surface area is 128 Å². The Hall–Kier alpha value is -2.54. The fraction of sp³-hybridized carbons (Fsp3) is 0.0714. The molecule has 0 saturated carbocycles. The summed E-state index contributed by atoms with van der Waals surface area (Å²) < 4.78 is 31.0. The second-order valence-electron chi connectivity index (χ2n) is 4.12. The first-order chi connectivity index (χ1) is 10.5. The molecule has 0 spiro atoms. The van der Waals surface area contributed by atoms with Crippen LogP contribution in [0.3, 0.4) is 0 Å². The molecule has 1 aromatic heterocycles. The number of hydrogen-bond donors (Lipinski definition) is 1. The molecule has 114 valence electrons. The number of ether oxygens (including phenoxy) is 1. The minimum Gasteiger partial charge on any atom is -0.452 e. The molecule has 0 fully saturated rings. The van der Waals surface area contributed by atoms with Crippen LogP contribution in [-0.4, -0.2) is 23.5 Å². The first-order valence-electron chi connectivity index (χ1n) is 5.99. The van der Waals surface area contributed by atoms with Gasteiger partial charge in [-0.05, 0) is 24.3 Å². The molecule has 0 aliphatic carbocycles. The van der Waals surface area contributed by atoms with Crippen LogP contribution in [0, 0.1) is 11.6 Å². The molecule has 8 heteroatoms. The van der Waals surface area contributed by atoms with Crippen LogP contribution in [0.25, 0.3) is 0 Å². The maximum absolute atomic E-state index is 13.3. The SMILES string of the molecule is O=C(COC(=O)c1ccc(Cl)nc1)Nc1cc(F)ccc1F. The minimum atomic E-state index is -0.806. The number of pyridine rings is 1. The standard InChI is InChI=1S/C14H9ClF2N2O3/c15-12-4-1-8(6-18-12)14(21)22-7-13(20)19-11-5-9(16)2-3-10(11)17/h1-6H,7H2,(H,19,20). The average molecular weight is 327 g/mol. The van der Waals surface area contributed by atoms with Gasteiger partial charge in [-0.1, -0.05) is 11.6 Å². The fourth-order valence-electron chi connectivity index (χ4n) is 1.49. The van der Waals surface area contributed by atoms with Crippen molar-refractivity contribution < 1.29 is 23.1 Å². The minimum absolute atomic E-state index is 0.106. The lowest BCUT2D eigenvalue weighted by Gasteiger charge is -2.07. The molecule has 1 amide bonds. The van der Waals surface area contributed by atoms with Crippen LogP contribution >= 0.6 is 11.6 Å². The molecule has 1 N–H and O–H groups in total. The molecule has 0 radical (unpaired) electrons. The van der Waals surface area contributed by atoms with Gasteiger partial charge in [-0.2, -0.15) is 0 Å². The molecule has 5 nitrogen and oxygen atoms in total. The van der Waals surface area contributed by atoms with Gasteiger partial charge in [0, 0.05) is 12.3 Å². The van der Waals surface area contributed by atoms with Gasteiger partial charge < -0.3 is 10.1 Å². The van der Waals surface area contributed by atoms with E-state index in [9.17, 15) is 18.4 Å². The molecule has 0 saturated heterocycles. The summed E-state index contributed by atoms with van der Waals surface area (Å²) in [7, 11) is 0. The smallest absolute Gasteiger partial charge is 0.340 e. The van der Waals surface area contributed by atoms with Crippen molar-refractivity contribution in [2.75, 3.05) is 11.9 Å². The van der Waals surface area contributed by atoms with Gasteiger partial charge in [0.2, 0.25) is 0 Å². The van der Waals surface area contributed by atoms with E-state index in [1.165, 1.54) is 18.3 Å². The number of halogens is 3. The Kier molecular flexibility index (Phi) is 5.00. The van der Waals surface area contributed by atoms with Crippen LogP contribution in [0.4, 0.5) is 14.5 Å². The van der Waals surface area contributed by atoms with Crippen molar-refractivity contribution in [3.63, 3.8) is 0 Å². The molecular weight excluding hydrogens is 318 g/mol. The zero-order chi connectivity index (χ0) is 16.1. The van der Waals surface area contributed by atoms with E-state index in [-0.39, 0.29) is 16.4 Å². The lowest BCUT2D eigenvalue weighted by molar-refractivity contribution is -0.119. The predicted octanol–water partition coefficient (Wildman–Crippen LogP) is 2.81.